The molecule has 3 rings (SSSR count). The topological polar surface area (TPSA) is 97.1 Å². The molecule has 108 valence electrons. The lowest BCUT2D eigenvalue weighted by Gasteiger charge is -2.15. The highest BCUT2D eigenvalue weighted by atomic mass is 16.4. The fourth-order valence-electron chi connectivity index (χ4n) is 2.69. The van der Waals surface area contributed by atoms with Crippen LogP contribution in [0.3, 0.4) is 0 Å². The van der Waals surface area contributed by atoms with Crippen LogP contribution < -0.4 is 5.32 Å². The Balaban J connectivity index is 1.52. The molecule has 2 fully saturated rings. The Morgan fingerprint density at radius 2 is 2.00 bits per heavy atom. The zero-order chi connectivity index (χ0) is 14.1. The molecule has 0 bridgehead atoms. The van der Waals surface area contributed by atoms with E-state index in [9.17, 15) is 9.59 Å². The molecule has 7 heteroatoms. The van der Waals surface area contributed by atoms with E-state index < -0.39 is 5.97 Å². The number of aromatic nitrogens is 3. The number of carbonyl (C=O) groups is 2. The van der Waals surface area contributed by atoms with E-state index in [-0.39, 0.29) is 18.1 Å². The molecule has 1 aromatic rings. The predicted molar refractivity (Wildman–Crippen MR) is 68.9 cm³/mol. The van der Waals surface area contributed by atoms with Gasteiger partial charge in [-0.15, -0.1) is 5.10 Å². The van der Waals surface area contributed by atoms with Crippen LogP contribution in [0, 0.1) is 17.8 Å². The quantitative estimate of drug-likeness (QED) is 0.758. The van der Waals surface area contributed by atoms with Gasteiger partial charge in [0.1, 0.15) is 6.54 Å². The van der Waals surface area contributed by atoms with Gasteiger partial charge in [-0.25, -0.2) is 4.68 Å². The maximum Gasteiger partial charge on any atom is 0.325 e. The fraction of sp³-hybridized carbons (Fsp3) is 0.692. The summed E-state index contributed by atoms with van der Waals surface area (Å²) in [6, 6.07) is 0. The number of hydrogen-bond donors (Lipinski definition) is 2. The number of carbonyl (C=O) groups excluding carboxylic acids is 1. The molecule has 7 nitrogen and oxygen atoms in total. The summed E-state index contributed by atoms with van der Waals surface area (Å²) in [6.07, 6.45) is 6.50. The van der Waals surface area contributed by atoms with Crippen molar-refractivity contribution in [1.29, 1.82) is 0 Å². The molecule has 1 amide bonds. The molecule has 2 aliphatic carbocycles. The van der Waals surface area contributed by atoms with Crippen molar-refractivity contribution in [3.8, 4) is 0 Å². The molecule has 20 heavy (non-hydrogen) atoms. The van der Waals surface area contributed by atoms with Crippen molar-refractivity contribution >= 4 is 11.9 Å². The molecule has 0 saturated heterocycles. The highest BCUT2D eigenvalue weighted by Crippen LogP contribution is 2.48. The van der Waals surface area contributed by atoms with Gasteiger partial charge in [-0.1, -0.05) is 5.21 Å². The number of aliphatic carboxylic acids is 1. The number of nitrogens with one attached hydrogen (secondary N) is 1. The maximum atomic E-state index is 12.0. The standard InChI is InChI=1S/C13H18N4O3/c18-12(19)7-17-6-11(15-16-17)13(20)14-5-10(8-1-2-8)9-3-4-9/h6,8-10H,1-5,7H2,(H,14,20)(H,18,19). The lowest BCUT2D eigenvalue weighted by molar-refractivity contribution is -0.137. The van der Waals surface area contributed by atoms with Crippen molar-refractivity contribution in [3.63, 3.8) is 0 Å². The minimum atomic E-state index is -1.01. The third-order valence-electron chi connectivity index (χ3n) is 4.02. The van der Waals surface area contributed by atoms with Crippen LogP contribution in [0.2, 0.25) is 0 Å². The van der Waals surface area contributed by atoms with Crippen molar-refractivity contribution in [2.45, 2.75) is 32.2 Å². The average Bonchev–Trinajstić information content (AvgIpc) is 3.30. The first kappa shape index (κ1) is 13.1. The Labute approximate surface area is 116 Å². The lowest BCUT2D eigenvalue weighted by Crippen LogP contribution is -2.31. The minimum absolute atomic E-state index is 0.177. The zero-order valence-corrected chi connectivity index (χ0v) is 11.2. The van der Waals surface area contributed by atoms with Crippen molar-refractivity contribution in [2.24, 2.45) is 17.8 Å². The second-order valence-corrected chi connectivity index (χ2v) is 5.74. The van der Waals surface area contributed by atoms with Crippen molar-refractivity contribution in [1.82, 2.24) is 20.3 Å². The second kappa shape index (κ2) is 5.22. The first-order chi connectivity index (χ1) is 9.63. The highest BCUT2D eigenvalue weighted by Gasteiger charge is 2.41. The van der Waals surface area contributed by atoms with E-state index in [2.05, 4.69) is 15.6 Å². The van der Waals surface area contributed by atoms with E-state index >= 15 is 0 Å². The summed E-state index contributed by atoms with van der Waals surface area (Å²) in [6.45, 7) is 0.410. The van der Waals surface area contributed by atoms with Crippen LogP contribution in [0.4, 0.5) is 0 Å². The van der Waals surface area contributed by atoms with Gasteiger partial charge in [0.2, 0.25) is 0 Å². The monoisotopic (exact) mass is 278 g/mol. The van der Waals surface area contributed by atoms with Gasteiger partial charge in [0.15, 0.2) is 5.69 Å². The van der Waals surface area contributed by atoms with Gasteiger partial charge in [-0.3, -0.25) is 9.59 Å². The van der Waals surface area contributed by atoms with E-state index in [1.165, 1.54) is 31.9 Å². The molecular formula is C13H18N4O3. The van der Waals surface area contributed by atoms with E-state index in [0.717, 1.165) is 16.5 Å². The van der Waals surface area contributed by atoms with Crippen LogP contribution in [0.5, 0.6) is 0 Å². The Morgan fingerprint density at radius 3 is 2.55 bits per heavy atom. The number of amides is 1. The first-order valence-corrected chi connectivity index (χ1v) is 7.03. The molecule has 0 unspecified atom stereocenters. The van der Waals surface area contributed by atoms with Gasteiger partial charge < -0.3 is 10.4 Å². The normalized spacial score (nSPS) is 18.2. The predicted octanol–water partition coefficient (Wildman–Crippen LogP) is 0.529. The summed E-state index contributed by atoms with van der Waals surface area (Å²) in [4.78, 5) is 22.5. The number of hydrogen-bond acceptors (Lipinski definition) is 4. The Morgan fingerprint density at radius 1 is 1.35 bits per heavy atom. The van der Waals surface area contributed by atoms with Gasteiger partial charge >= 0.3 is 5.97 Å². The Bertz CT molecular complexity index is 507. The smallest absolute Gasteiger partial charge is 0.325 e. The summed E-state index contributed by atoms with van der Waals surface area (Å²) >= 11 is 0. The van der Waals surface area contributed by atoms with Crippen molar-refractivity contribution in [2.75, 3.05) is 6.54 Å². The summed E-state index contributed by atoms with van der Waals surface area (Å²) in [5.41, 5.74) is 0.177. The SMILES string of the molecule is O=C(O)Cn1cc(C(=O)NCC(C2CC2)C2CC2)nn1. The third-order valence-corrected chi connectivity index (χ3v) is 4.02. The largest absolute Gasteiger partial charge is 0.480 e. The molecule has 0 atom stereocenters. The van der Waals surface area contributed by atoms with E-state index in [1.807, 2.05) is 0 Å². The van der Waals surface area contributed by atoms with Crippen molar-refractivity contribution in [3.05, 3.63) is 11.9 Å². The van der Waals surface area contributed by atoms with E-state index in [1.54, 1.807) is 0 Å². The lowest BCUT2D eigenvalue weighted by atomic mass is 9.98. The number of nitrogens with zero attached hydrogens (tertiary/aromatic N) is 3. The maximum absolute atomic E-state index is 12.0. The fourth-order valence-corrected chi connectivity index (χ4v) is 2.69. The van der Waals surface area contributed by atoms with Crippen LogP contribution >= 0.6 is 0 Å². The molecular weight excluding hydrogens is 260 g/mol. The highest BCUT2D eigenvalue weighted by molar-refractivity contribution is 5.91. The average molecular weight is 278 g/mol. The molecule has 0 radical (unpaired) electrons. The number of carboxylic acids is 1. The molecule has 1 heterocycles. The zero-order valence-electron chi connectivity index (χ0n) is 11.2. The summed E-state index contributed by atoms with van der Waals surface area (Å²) < 4.78 is 1.15. The summed E-state index contributed by atoms with van der Waals surface area (Å²) in [5, 5.41) is 18.9. The van der Waals surface area contributed by atoms with Crippen molar-refractivity contribution < 1.29 is 14.7 Å². The van der Waals surface area contributed by atoms with Gasteiger partial charge in [-0.05, 0) is 43.4 Å². The minimum Gasteiger partial charge on any atom is -0.480 e. The molecule has 1 aromatic heterocycles. The summed E-state index contributed by atoms with van der Waals surface area (Å²) in [7, 11) is 0. The Hall–Kier alpha value is -1.92. The van der Waals surface area contributed by atoms with Crippen LogP contribution in [-0.2, 0) is 11.3 Å². The molecule has 0 spiro atoms. The van der Waals surface area contributed by atoms with Crippen LogP contribution in [0.25, 0.3) is 0 Å². The number of rotatable bonds is 7. The molecule has 2 saturated carbocycles. The molecule has 0 aromatic carbocycles. The number of carboxylic acid groups (broad SMARTS) is 1. The van der Waals surface area contributed by atoms with Crippen LogP contribution in [-0.4, -0.2) is 38.5 Å². The Kier molecular flexibility index (Phi) is 3.42. The second-order valence-electron chi connectivity index (χ2n) is 5.74. The third kappa shape index (κ3) is 3.15. The van der Waals surface area contributed by atoms with Gasteiger partial charge in [0.25, 0.3) is 5.91 Å². The molecule has 2 N–H and O–H groups in total. The van der Waals surface area contributed by atoms with Gasteiger partial charge in [0.05, 0.1) is 6.20 Å². The first-order valence-electron chi connectivity index (χ1n) is 7.03. The molecule has 2 aliphatic rings. The van der Waals surface area contributed by atoms with Gasteiger partial charge in [-0.2, -0.15) is 0 Å². The summed E-state index contributed by atoms with van der Waals surface area (Å²) in [5.74, 6) is 0.890. The van der Waals surface area contributed by atoms with Crippen LogP contribution in [0.1, 0.15) is 36.2 Å². The van der Waals surface area contributed by atoms with E-state index in [4.69, 9.17) is 5.11 Å². The van der Waals surface area contributed by atoms with Gasteiger partial charge in [0, 0.05) is 6.54 Å². The van der Waals surface area contributed by atoms with Crippen LogP contribution in [0.15, 0.2) is 6.20 Å². The van der Waals surface area contributed by atoms with E-state index in [0.29, 0.717) is 12.5 Å². The molecule has 0 aliphatic heterocycles.